The van der Waals surface area contributed by atoms with E-state index in [1.54, 1.807) is 0 Å². The smallest absolute Gasteiger partial charge is 0.00796 e. The van der Waals surface area contributed by atoms with Crippen molar-refractivity contribution >= 4 is 0 Å². The summed E-state index contributed by atoms with van der Waals surface area (Å²) in [6, 6.07) is 0.800. The summed E-state index contributed by atoms with van der Waals surface area (Å²) in [6.07, 6.45) is 9.84. The zero-order chi connectivity index (χ0) is 10.6. The van der Waals surface area contributed by atoms with Gasteiger partial charge in [-0.3, -0.25) is 0 Å². The zero-order valence-corrected chi connectivity index (χ0v) is 10.1. The molecule has 15 heavy (non-hydrogen) atoms. The Kier molecular flexibility index (Phi) is 4.04. The van der Waals surface area contributed by atoms with Crippen molar-refractivity contribution in [3.05, 3.63) is 0 Å². The van der Waals surface area contributed by atoms with Crippen LogP contribution in [0.3, 0.4) is 0 Å². The summed E-state index contributed by atoms with van der Waals surface area (Å²) in [5.41, 5.74) is 0.614. The third-order valence-electron chi connectivity index (χ3n) is 4.19. The van der Waals surface area contributed by atoms with Crippen LogP contribution < -0.4 is 10.6 Å². The SMILES string of the molecule is CC1(CNCCC2CCCN2)CCCC1. The highest BCUT2D eigenvalue weighted by Gasteiger charge is 2.27. The summed E-state index contributed by atoms with van der Waals surface area (Å²) in [5.74, 6) is 0. The lowest BCUT2D eigenvalue weighted by Crippen LogP contribution is -2.33. The fourth-order valence-electron chi connectivity index (χ4n) is 3.07. The molecule has 1 aliphatic heterocycles. The van der Waals surface area contributed by atoms with Crippen LogP contribution in [0.1, 0.15) is 51.9 Å². The maximum Gasteiger partial charge on any atom is 0.00796 e. The van der Waals surface area contributed by atoms with Gasteiger partial charge in [-0.15, -0.1) is 0 Å². The molecule has 2 nitrogen and oxygen atoms in total. The van der Waals surface area contributed by atoms with Crippen LogP contribution in [0.15, 0.2) is 0 Å². The Labute approximate surface area is 94.2 Å². The molecule has 2 heteroatoms. The highest BCUT2D eigenvalue weighted by molar-refractivity contribution is 4.83. The van der Waals surface area contributed by atoms with Crippen LogP contribution in [-0.2, 0) is 0 Å². The van der Waals surface area contributed by atoms with Crippen molar-refractivity contribution < 1.29 is 0 Å². The second-order valence-electron chi connectivity index (χ2n) is 5.78. The van der Waals surface area contributed by atoms with E-state index in [1.165, 1.54) is 64.6 Å². The molecule has 0 aromatic rings. The second kappa shape index (κ2) is 5.31. The minimum absolute atomic E-state index is 0.614. The number of hydrogen-bond acceptors (Lipinski definition) is 2. The Morgan fingerprint density at radius 2 is 2.07 bits per heavy atom. The van der Waals surface area contributed by atoms with Crippen LogP contribution in [0.4, 0.5) is 0 Å². The van der Waals surface area contributed by atoms with Gasteiger partial charge in [0.25, 0.3) is 0 Å². The first-order chi connectivity index (χ1) is 7.29. The fourth-order valence-corrected chi connectivity index (χ4v) is 3.07. The van der Waals surface area contributed by atoms with E-state index < -0.39 is 0 Å². The maximum atomic E-state index is 3.65. The number of hydrogen-bond donors (Lipinski definition) is 2. The van der Waals surface area contributed by atoms with E-state index in [9.17, 15) is 0 Å². The molecular formula is C13H26N2. The largest absolute Gasteiger partial charge is 0.316 e. The first-order valence-corrected chi connectivity index (χ1v) is 6.73. The van der Waals surface area contributed by atoms with Crippen molar-refractivity contribution in [2.45, 2.75) is 57.9 Å². The fraction of sp³-hybridized carbons (Fsp3) is 1.00. The predicted octanol–water partition coefficient (Wildman–Crippen LogP) is 2.30. The number of rotatable bonds is 5. The average molecular weight is 210 g/mol. The van der Waals surface area contributed by atoms with Crippen LogP contribution in [0.2, 0.25) is 0 Å². The summed E-state index contributed by atoms with van der Waals surface area (Å²) in [5, 5.41) is 7.21. The average Bonchev–Trinajstić information content (AvgIpc) is 2.84. The molecule has 0 radical (unpaired) electrons. The highest BCUT2D eigenvalue weighted by atomic mass is 15.0. The summed E-state index contributed by atoms with van der Waals surface area (Å²) >= 11 is 0. The van der Waals surface area contributed by atoms with E-state index in [4.69, 9.17) is 0 Å². The summed E-state index contributed by atoms with van der Waals surface area (Å²) in [6.45, 7) is 6.12. The van der Waals surface area contributed by atoms with Crippen LogP contribution in [-0.4, -0.2) is 25.7 Å². The molecule has 2 N–H and O–H groups in total. The summed E-state index contributed by atoms with van der Waals surface area (Å²) in [7, 11) is 0. The topological polar surface area (TPSA) is 24.1 Å². The van der Waals surface area contributed by atoms with E-state index in [2.05, 4.69) is 17.6 Å². The van der Waals surface area contributed by atoms with Crippen molar-refractivity contribution in [2.24, 2.45) is 5.41 Å². The lowest BCUT2D eigenvalue weighted by molar-refractivity contribution is 0.312. The minimum Gasteiger partial charge on any atom is -0.316 e. The van der Waals surface area contributed by atoms with Crippen LogP contribution in [0.25, 0.3) is 0 Å². The van der Waals surface area contributed by atoms with Crippen molar-refractivity contribution in [3.8, 4) is 0 Å². The normalized spacial score (nSPS) is 29.8. The molecule has 0 aromatic carbocycles. The van der Waals surface area contributed by atoms with Gasteiger partial charge in [0.1, 0.15) is 0 Å². The molecule has 2 fully saturated rings. The predicted molar refractivity (Wildman–Crippen MR) is 65.1 cm³/mol. The molecule has 1 heterocycles. The Bertz CT molecular complexity index is 179. The van der Waals surface area contributed by atoms with Gasteiger partial charge in [0.05, 0.1) is 0 Å². The second-order valence-corrected chi connectivity index (χ2v) is 5.78. The molecule has 1 unspecified atom stereocenters. The summed E-state index contributed by atoms with van der Waals surface area (Å²) < 4.78 is 0. The van der Waals surface area contributed by atoms with Gasteiger partial charge in [-0.2, -0.15) is 0 Å². The Morgan fingerprint density at radius 1 is 1.27 bits per heavy atom. The molecule has 2 aliphatic rings. The van der Waals surface area contributed by atoms with Crippen molar-refractivity contribution in [1.82, 2.24) is 10.6 Å². The van der Waals surface area contributed by atoms with Gasteiger partial charge in [-0.25, -0.2) is 0 Å². The monoisotopic (exact) mass is 210 g/mol. The minimum atomic E-state index is 0.614. The Balaban J connectivity index is 1.54. The van der Waals surface area contributed by atoms with Gasteiger partial charge in [-0.05, 0) is 50.6 Å². The molecule has 1 saturated heterocycles. The van der Waals surface area contributed by atoms with E-state index in [1.807, 2.05) is 0 Å². The summed E-state index contributed by atoms with van der Waals surface area (Å²) in [4.78, 5) is 0. The van der Waals surface area contributed by atoms with Crippen molar-refractivity contribution in [2.75, 3.05) is 19.6 Å². The molecule has 0 aromatic heterocycles. The van der Waals surface area contributed by atoms with Gasteiger partial charge in [-0.1, -0.05) is 19.8 Å². The molecule has 1 aliphatic carbocycles. The zero-order valence-electron chi connectivity index (χ0n) is 10.1. The third-order valence-corrected chi connectivity index (χ3v) is 4.19. The lowest BCUT2D eigenvalue weighted by Gasteiger charge is -2.24. The van der Waals surface area contributed by atoms with Crippen LogP contribution in [0, 0.1) is 5.41 Å². The van der Waals surface area contributed by atoms with E-state index in [-0.39, 0.29) is 0 Å². The van der Waals surface area contributed by atoms with Gasteiger partial charge in [0.2, 0.25) is 0 Å². The van der Waals surface area contributed by atoms with Gasteiger partial charge in [0.15, 0.2) is 0 Å². The first kappa shape index (κ1) is 11.4. The lowest BCUT2D eigenvalue weighted by atomic mass is 9.89. The molecule has 0 spiro atoms. The van der Waals surface area contributed by atoms with Gasteiger partial charge < -0.3 is 10.6 Å². The number of nitrogens with one attached hydrogen (secondary N) is 2. The van der Waals surface area contributed by atoms with E-state index in [0.717, 1.165) is 6.04 Å². The molecular weight excluding hydrogens is 184 g/mol. The van der Waals surface area contributed by atoms with Crippen molar-refractivity contribution in [1.29, 1.82) is 0 Å². The van der Waals surface area contributed by atoms with Crippen LogP contribution in [0.5, 0.6) is 0 Å². The maximum absolute atomic E-state index is 3.65. The highest BCUT2D eigenvalue weighted by Crippen LogP contribution is 2.36. The van der Waals surface area contributed by atoms with E-state index in [0.29, 0.717) is 5.41 Å². The third kappa shape index (κ3) is 3.46. The molecule has 0 bridgehead atoms. The Hall–Kier alpha value is -0.0800. The van der Waals surface area contributed by atoms with Crippen molar-refractivity contribution in [3.63, 3.8) is 0 Å². The standard InChI is InChI=1S/C13H26N2/c1-13(7-2-3-8-13)11-14-10-6-12-5-4-9-15-12/h12,14-15H,2-11H2,1H3. The molecule has 1 saturated carbocycles. The Morgan fingerprint density at radius 3 is 2.73 bits per heavy atom. The van der Waals surface area contributed by atoms with Gasteiger partial charge in [0, 0.05) is 12.6 Å². The molecule has 2 rings (SSSR count). The molecule has 1 atom stereocenters. The molecule has 88 valence electrons. The first-order valence-electron chi connectivity index (χ1n) is 6.73. The van der Waals surface area contributed by atoms with Crippen LogP contribution >= 0.6 is 0 Å². The van der Waals surface area contributed by atoms with E-state index >= 15 is 0 Å². The quantitative estimate of drug-likeness (QED) is 0.680. The molecule has 0 amide bonds. The van der Waals surface area contributed by atoms with Gasteiger partial charge >= 0.3 is 0 Å².